The number of carbonyl (C=O) groups excluding carboxylic acids is 1. The first-order valence-electron chi connectivity index (χ1n) is 6.70. The van der Waals surface area contributed by atoms with Crippen molar-refractivity contribution in [3.8, 4) is 0 Å². The maximum absolute atomic E-state index is 12.1. The summed E-state index contributed by atoms with van der Waals surface area (Å²) in [6.45, 7) is 7.31. The number of hydrogen-bond acceptors (Lipinski definition) is 3. The maximum atomic E-state index is 12.1. The SMILES string of the molecule is CN(C)CCCN(C)CC1CCC(C)(C)C1=O. The highest BCUT2D eigenvalue weighted by Gasteiger charge is 2.40. The second kappa shape index (κ2) is 5.96. The third-order valence-electron chi connectivity index (χ3n) is 3.83. The first-order valence-corrected chi connectivity index (χ1v) is 6.70. The number of Topliss-reactive ketones (excluding diaryl/α,β-unsaturated/α-hetero) is 1. The highest BCUT2D eigenvalue weighted by molar-refractivity contribution is 5.88. The lowest BCUT2D eigenvalue weighted by atomic mass is 9.89. The van der Waals surface area contributed by atoms with Gasteiger partial charge in [0.2, 0.25) is 0 Å². The summed E-state index contributed by atoms with van der Waals surface area (Å²) in [5.74, 6) is 0.742. The third kappa shape index (κ3) is 4.40. The monoisotopic (exact) mass is 240 g/mol. The Morgan fingerprint density at radius 2 is 1.88 bits per heavy atom. The van der Waals surface area contributed by atoms with E-state index in [2.05, 4.69) is 44.8 Å². The van der Waals surface area contributed by atoms with Crippen LogP contribution in [-0.2, 0) is 4.79 Å². The van der Waals surface area contributed by atoms with E-state index in [0.29, 0.717) is 5.78 Å². The highest BCUT2D eigenvalue weighted by Crippen LogP contribution is 2.37. The Labute approximate surface area is 106 Å². The maximum Gasteiger partial charge on any atom is 0.142 e. The molecule has 1 atom stereocenters. The number of carbonyl (C=O) groups is 1. The fraction of sp³-hybridized carbons (Fsp3) is 0.929. The molecule has 1 unspecified atom stereocenters. The zero-order valence-corrected chi connectivity index (χ0v) is 12.1. The van der Waals surface area contributed by atoms with Gasteiger partial charge in [0.05, 0.1) is 0 Å². The summed E-state index contributed by atoms with van der Waals surface area (Å²) < 4.78 is 0. The predicted octanol–water partition coefficient (Wildman–Crippen LogP) is 1.88. The van der Waals surface area contributed by atoms with Crippen molar-refractivity contribution in [1.82, 2.24) is 9.80 Å². The molecule has 1 aliphatic carbocycles. The van der Waals surface area contributed by atoms with Gasteiger partial charge >= 0.3 is 0 Å². The summed E-state index contributed by atoms with van der Waals surface area (Å²) in [7, 11) is 6.33. The van der Waals surface area contributed by atoms with Gasteiger partial charge < -0.3 is 9.80 Å². The molecule has 0 N–H and O–H groups in total. The fourth-order valence-corrected chi connectivity index (χ4v) is 2.64. The Morgan fingerprint density at radius 3 is 2.35 bits per heavy atom. The molecule has 0 saturated heterocycles. The molecule has 100 valence electrons. The van der Waals surface area contributed by atoms with Gasteiger partial charge in [-0.25, -0.2) is 0 Å². The molecule has 3 nitrogen and oxygen atoms in total. The number of hydrogen-bond donors (Lipinski definition) is 0. The topological polar surface area (TPSA) is 23.6 Å². The molecule has 3 heteroatoms. The van der Waals surface area contributed by atoms with Gasteiger partial charge in [-0.3, -0.25) is 4.79 Å². The van der Waals surface area contributed by atoms with Crippen LogP contribution in [0.25, 0.3) is 0 Å². The normalized spacial score (nSPS) is 23.9. The van der Waals surface area contributed by atoms with Crippen LogP contribution in [0, 0.1) is 11.3 Å². The Morgan fingerprint density at radius 1 is 1.24 bits per heavy atom. The van der Waals surface area contributed by atoms with Crippen LogP contribution >= 0.6 is 0 Å². The molecule has 0 bridgehead atoms. The molecule has 17 heavy (non-hydrogen) atoms. The van der Waals surface area contributed by atoms with E-state index < -0.39 is 0 Å². The van der Waals surface area contributed by atoms with Gasteiger partial charge in [-0.2, -0.15) is 0 Å². The number of rotatable bonds is 6. The molecule has 1 rings (SSSR count). The minimum absolute atomic E-state index is 0.0743. The standard InChI is InChI=1S/C14H28N2O/c1-14(2)8-7-12(13(14)17)11-16(5)10-6-9-15(3)4/h12H,6-11H2,1-5H3. The van der Waals surface area contributed by atoms with Gasteiger partial charge in [0, 0.05) is 17.9 Å². The molecule has 1 aliphatic rings. The Bertz CT molecular complexity index is 261. The van der Waals surface area contributed by atoms with Gasteiger partial charge in [0.15, 0.2) is 0 Å². The van der Waals surface area contributed by atoms with Crippen LogP contribution < -0.4 is 0 Å². The van der Waals surface area contributed by atoms with Crippen molar-refractivity contribution >= 4 is 5.78 Å². The average molecular weight is 240 g/mol. The van der Waals surface area contributed by atoms with Crippen molar-refractivity contribution in [1.29, 1.82) is 0 Å². The first kappa shape index (κ1) is 14.7. The van der Waals surface area contributed by atoms with E-state index >= 15 is 0 Å². The van der Waals surface area contributed by atoms with E-state index in [9.17, 15) is 4.79 Å². The third-order valence-corrected chi connectivity index (χ3v) is 3.83. The van der Waals surface area contributed by atoms with E-state index in [4.69, 9.17) is 0 Å². The smallest absolute Gasteiger partial charge is 0.142 e. The van der Waals surface area contributed by atoms with Crippen LogP contribution in [0.1, 0.15) is 33.1 Å². The van der Waals surface area contributed by atoms with Crippen LogP contribution in [0.2, 0.25) is 0 Å². The molecule has 1 fully saturated rings. The van der Waals surface area contributed by atoms with E-state index in [-0.39, 0.29) is 11.3 Å². The summed E-state index contributed by atoms with van der Waals surface area (Å²) in [5.41, 5.74) is -0.0743. The molecule has 1 saturated carbocycles. The van der Waals surface area contributed by atoms with Crippen molar-refractivity contribution < 1.29 is 4.79 Å². The lowest BCUT2D eigenvalue weighted by Crippen LogP contribution is -2.32. The van der Waals surface area contributed by atoms with E-state index in [1.807, 2.05) is 0 Å². The van der Waals surface area contributed by atoms with Crippen molar-refractivity contribution in [2.24, 2.45) is 11.3 Å². The summed E-state index contributed by atoms with van der Waals surface area (Å²) in [6, 6.07) is 0. The van der Waals surface area contributed by atoms with E-state index in [0.717, 1.165) is 32.5 Å². The molecule has 0 aromatic heterocycles. The quantitative estimate of drug-likeness (QED) is 0.708. The Hall–Kier alpha value is -0.410. The lowest BCUT2D eigenvalue weighted by Gasteiger charge is -2.22. The van der Waals surface area contributed by atoms with Gasteiger partial charge in [0.1, 0.15) is 5.78 Å². The van der Waals surface area contributed by atoms with Crippen molar-refractivity contribution in [3.05, 3.63) is 0 Å². The largest absolute Gasteiger partial charge is 0.309 e. The lowest BCUT2D eigenvalue weighted by molar-refractivity contribution is -0.127. The molecule has 0 aliphatic heterocycles. The molecule has 0 heterocycles. The van der Waals surface area contributed by atoms with Gasteiger partial charge in [-0.15, -0.1) is 0 Å². The summed E-state index contributed by atoms with van der Waals surface area (Å²) >= 11 is 0. The molecular weight excluding hydrogens is 212 g/mol. The van der Waals surface area contributed by atoms with Crippen molar-refractivity contribution in [2.45, 2.75) is 33.1 Å². The molecule has 0 aromatic carbocycles. The minimum Gasteiger partial charge on any atom is -0.309 e. The van der Waals surface area contributed by atoms with Crippen LogP contribution in [-0.4, -0.2) is 56.4 Å². The highest BCUT2D eigenvalue weighted by atomic mass is 16.1. The molecule has 0 amide bonds. The van der Waals surface area contributed by atoms with Crippen LogP contribution in [0.15, 0.2) is 0 Å². The van der Waals surface area contributed by atoms with Crippen LogP contribution in [0.4, 0.5) is 0 Å². The first-order chi connectivity index (χ1) is 7.83. The van der Waals surface area contributed by atoms with Crippen molar-refractivity contribution in [3.63, 3.8) is 0 Å². The summed E-state index contributed by atoms with van der Waals surface area (Å²) in [4.78, 5) is 16.6. The molecular formula is C14H28N2O. The summed E-state index contributed by atoms with van der Waals surface area (Å²) in [6.07, 6.45) is 3.31. The van der Waals surface area contributed by atoms with Crippen molar-refractivity contribution in [2.75, 3.05) is 40.8 Å². The van der Waals surface area contributed by atoms with Crippen LogP contribution in [0.3, 0.4) is 0 Å². The minimum atomic E-state index is -0.0743. The van der Waals surface area contributed by atoms with Crippen LogP contribution in [0.5, 0.6) is 0 Å². The Balaban J connectivity index is 2.28. The Kier molecular flexibility index (Phi) is 5.14. The van der Waals surface area contributed by atoms with Gasteiger partial charge in [-0.05, 0) is 53.5 Å². The predicted molar refractivity (Wildman–Crippen MR) is 72.2 cm³/mol. The second-order valence-corrected chi connectivity index (χ2v) is 6.40. The zero-order valence-electron chi connectivity index (χ0n) is 12.1. The second-order valence-electron chi connectivity index (χ2n) is 6.40. The van der Waals surface area contributed by atoms with E-state index in [1.165, 1.54) is 6.42 Å². The number of nitrogens with zero attached hydrogens (tertiary/aromatic N) is 2. The molecule has 0 radical (unpaired) electrons. The molecule has 0 spiro atoms. The summed E-state index contributed by atoms with van der Waals surface area (Å²) in [5, 5.41) is 0. The van der Waals surface area contributed by atoms with Gasteiger partial charge in [0.25, 0.3) is 0 Å². The molecule has 0 aromatic rings. The van der Waals surface area contributed by atoms with E-state index in [1.54, 1.807) is 0 Å². The van der Waals surface area contributed by atoms with Gasteiger partial charge in [-0.1, -0.05) is 13.8 Å². The average Bonchev–Trinajstić information content (AvgIpc) is 2.45. The number of ketones is 1. The fourth-order valence-electron chi connectivity index (χ4n) is 2.64. The zero-order chi connectivity index (χ0) is 13.1.